The molecular formula is C14H21Cl2N3O2. The second-order valence-corrected chi connectivity index (χ2v) is 5.44. The number of nitrogens with two attached hydrogens (primary N) is 1. The first-order chi connectivity index (χ1) is 9.58. The van der Waals surface area contributed by atoms with E-state index >= 15 is 0 Å². The van der Waals surface area contributed by atoms with Gasteiger partial charge in [-0.3, -0.25) is 9.69 Å². The topological polar surface area (TPSA) is 67.6 Å². The van der Waals surface area contributed by atoms with E-state index < -0.39 is 0 Å². The molecule has 0 bridgehead atoms. The lowest BCUT2D eigenvalue weighted by Crippen LogP contribution is -2.43. The summed E-state index contributed by atoms with van der Waals surface area (Å²) in [4.78, 5) is 14.2. The second-order valence-electron chi connectivity index (χ2n) is 5.01. The molecule has 21 heavy (non-hydrogen) atoms. The fraction of sp³-hybridized carbons (Fsp3) is 0.500. The largest absolute Gasteiger partial charge is 0.495 e. The monoisotopic (exact) mass is 333 g/mol. The van der Waals surface area contributed by atoms with Gasteiger partial charge in [-0.15, -0.1) is 12.4 Å². The van der Waals surface area contributed by atoms with Crippen LogP contribution in [0.1, 0.15) is 12.8 Å². The van der Waals surface area contributed by atoms with Gasteiger partial charge in [0.1, 0.15) is 5.75 Å². The second kappa shape index (κ2) is 8.44. The van der Waals surface area contributed by atoms with Gasteiger partial charge in [0, 0.05) is 24.2 Å². The highest BCUT2D eigenvalue weighted by atomic mass is 35.5. The molecule has 1 amide bonds. The van der Waals surface area contributed by atoms with Crippen LogP contribution in [0.25, 0.3) is 0 Å². The van der Waals surface area contributed by atoms with Crippen molar-refractivity contribution in [3.05, 3.63) is 23.2 Å². The van der Waals surface area contributed by atoms with Gasteiger partial charge in [0.15, 0.2) is 0 Å². The van der Waals surface area contributed by atoms with Crippen molar-refractivity contribution in [1.82, 2.24) is 4.90 Å². The Morgan fingerprint density at radius 1 is 1.48 bits per heavy atom. The van der Waals surface area contributed by atoms with E-state index in [1.54, 1.807) is 25.3 Å². The van der Waals surface area contributed by atoms with Crippen LogP contribution < -0.4 is 15.8 Å². The molecule has 1 fully saturated rings. The molecule has 1 heterocycles. The molecule has 0 saturated carbocycles. The molecule has 0 aromatic heterocycles. The lowest BCUT2D eigenvalue weighted by atomic mass is 10.1. The van der Waals surface area contributed by atoms with E-state index in [4.69, 9.17) is 22.1 Å². The van der Waals surface area contributed by atoms with Crippen molar-refractivity contribution in [3.63, 3.8) is 0 Å². The lowest BCUT2D eigenvalue weighted by molar-refractivity contribution is -0.117. The maximum Gasteiger partial charge on any atom is 0.238 e. The smallest absolute Gasteiger partial charge is 0.238 e. The van der Waals surface area contributed by atoms with E-state index in [1.807, 2.05) is 0 Å². The number of ether oxygens (including phenoxy) is 1. The summed E-state index contributed by atoms with van der Waals surface area (Å²) < 4.78 is 5.20. The van der Waals surface area contributed by atoms with Gasteiger partial charge in [-0.05, 0) is 31.0 Å². The van der Waals surface area contributed by atoms with Crippen LogP contribution in [-0.2, 0) is 4.79 Å². The molecule has 2 rings (SSSR count). The maximum atomic E-state index is 12.1. The van der Waals surface area contributed by atoms with Gasteiger partial charge < -0.3 is 15.8 Å². The van der Waals surface area contributed by atoms with Crippen molar-refractivity contribution >= 4 is 35.6 Å². The van der Waals surface area contributed by atoms with Gasteiger partial charge >= 0.3 is 0 Å². The highest BCUT2D eigenvalue weighted by Gasteiger charge is 2.18. The van der Waals surface area contributed by atoms with Crippen LogP contribution in [0, 0.1) is 0 Å². The van der Waals surface area contributed by atoms with Crippen LogP contribution in [-0.4, -0.2) is 43.6 Å². The quantitative estimate of drug-likeness (QED) is 0.885. The predicted molar refractivity (Wildman–Crippen MR) is 87.5 cm³/mol. The molecule has 1 aromatic rings. The Hall–Kier alpha value is -1.01. The molecule has 1 aromatic carbocycles. The molecular weight excluding hydrogens is 313 g/mol. The van der Waals surface area contributed by atoms with E-state index in [0.29, 0.717) is 23.0 Å². The Bertz CT molecular complexity index is 477. The minimum Gasteiger partial charge on any atom is -0.495 e. The van der Waals surface area contributed by atoms with E-state index in [9.17, 15) is 4.79 Å². The van der Waals surface area contributed by atoms with Crippen LogP contribution in [0.2, 0.25) is 5.02 Å². The number of anilines is 1. The number of methoxy groups -OCH3 is 1. The number of carbonyl (C=O) groups excluding carboxylic acids is 1. The van der Waals surface area contributed by atoms with E-state index in [1.165, 1.54) is 0 Å². The van der Waals surface area contributed by atoms with Crippen LogP contribution in [0.5, 0.6) is 5.75 Å². The summed E-state index contributed by atoms with van der Waals surface area (Å²) in [6, 6.07) is 5.41. The number of benzene rings is 1. The van der Waals surface area contributed by atoms with Gasteiger partial charge in [0.05, 0.1) is 19.3 Å². The van der Waals surface area contributed by atoms with Crippen LogP contribution in [0.4, 0.5) is 5.69 Å². The summed E-state index contributed by atoms with van der Waals surface area (Å²) in [6.07, 6.45) is 1.88. The van der Waals surface area contributed by atoms with Crippen molar-refractivity contribution in [1.29, 1.82) is 0 Å². The number of amides is 1. The Balaban J connectivity index is 0.00000220. The van der Waals surface area contributed by atoms with Gasteiger partial charge in [-0.2, -0.15) is 0 Å². The van der Waals surface area contributed by atoms with Crippen LogP contribution in [0.15, 0.2) is 18.2 Å². The average molecular weight is 334 g/mol. The van der Waals surface area contributed by atoms with Gasteiger partial charge in [0.2, 0.25) is 5.91 Å². The van der Waals surface area contributed by atoms with E-state index in [2.05, 4.69) is 10.2 Å². The third-order valence-electron chi connectivity index (χ3n) is 3.44. The first-order valence-electron chi connectivity index (χ1n) is 6.70. The van der Waals surface area contributed by atoms with Crippen molar-refractivity contribution in [3.8, 4) is 5.75 Å². The summed E-state index contributed by atoms with van der Waals surface area (Å²) in [5.74, 6) is 0.532. The summed E-state index contributed by atoms with van der Waals surface area (Å²) in [7, 11) is 1.56. The molecule has 0 radical (unpaired) electrons. The normalized spacial score (nSPS) is 16.1. The number of piperidine rings is 1. The third-order valence-corrected chi connectivity index (χ3v) is 3.67. The van der Waals surface area contributed by atoms with Crippen molar-refractivity contribution in [2.75, 3.05) is 32.1 Å². The number of likely N-dealkylation sites (tertiary alicyclic amines) is 1. The summed E-state index contributed by atoms with van der Waals surface area (Å²) >= 11 is 5.93. The Labute approximate surface area is 136 Å². The first kappa shape index (κ1) is 18.0. The summed E-state index contributed by atoms with van der Waals surface area (Å²) in [5, 5.41) is 3.40. The lowest BCUT2D eigenvalue weighted by Gasteiger charge is -2.29. The maximum absolute atomic E-state index is 12.1. The molecule has 1 aliphatic heterocycles. The zero-order valence-electron chi connectivity index (χ0n) is 12.0. The fourth-order valence-electron chi connectivity index (χ4n) is 2.28. The number of hydrogen-bond acceptors (Lipinski definition) is 4. The average Bonchev–Trinajstić information content (AvgIpc) is 2.41. The number of nitrogens with zero attached hydrogens (tertiary/aromatic N) is 1. The van der Waals surface area contributed by atoms with E-state index in [-0.39, 0.29) is 24.4 Å². The molecule has 7 heteroatoms. The van der Waals surface area contributed by atoms with Crippen molar-refractivity contribution in [2.24, 2.45) is 5.73 Å². The SMILES string of the molecule is COc1ccc(Cl)cc1NC(=O)CN1CCC(N)CC1.Cl. The molecule has 5 nitrogen and oxygen atoms in total. The van der Waals surface area contributed by atoms with Gasteiger partial charge in [0.25, 0.3) is 0 Å². The molecule has 0 aliphatic carbocycles. The number of hydrogen-bond donors (Lipinski definition) is 2. The predicted octanol–water partition coefficient (Wildman–Crippen LogP) is 2.13. The van der Waals surface area contributed by atoms with Crippen molar-refractivity contribution < 1.29 is 9.53 Å². The first-order valence-corrected chi connectivity index (χ1v) is 7.07. The number of carbonyl (C=O) groups is 1. The van der Waals surface area contributed by atoms with Crippen molar-refractivity contribution in [2.45, 2.75) is 18.9 Å². The minimum atomic E-state index is -0.0685. The van der Waals surface area contributed by atoms with E-state index in [0.717, 1.165) is 25.9 Å². The molecule has 118 valence electrons. The molecule has 0 unspecified atom stereocenters. The van der Waals surface area contributed by atoms with Gasteiger partial charge in [-0.1, -0.05) is 11.6 Å². The highest BCUT2D eigenvalue weighted by Crippen LogP contribution is 2.27. The Morgan fingerprint density at radius 2 is 2.14 bits per heavy atom. The summed E-state index contributed by atoms with van der Waals surface area (Å²) in [6.45, 7) is 2.09. The molecule has 1 saturated heterocycles. The zero-order chi connectivity index (χ0) is 14.5. The highest BCUT2D eigenvalue weighted by molar-refractivity contribution is 6.31. The molecule has 0 atom stereocenters. The zero-order valence-corrected chi connectivity index (χ0v) is 13.5. The molecule has 1 aliphatic rings. The number of halogens is 2. The number of rotatable bonds is 4. The summed E-state index contributed by atoms with van der Waals surface area (Å²) in [5.41, 5.74) is 6.44. The third kappa shape index (κ3) is 5.36. The van der Waals surface area contributed by atoms with Crippen LogP contribution >= 0.6 is 24.0 Å². The molecule has 0 spiro atoms. The molecule has 3 N–H and O–H groups in total. The number of nitrogens with one attached hydrogen (secondary N) is 1. The fourth-order valence-corrected chi connectivity index (χ4v) is 2.45. The Morgan fingerprint density at radius 3 is 2.76 bits per heavy atom. The van der Waals surface area contributed by atoms with Crippen LogP contribution in [0.3, 0.4) is 0 Å². The van der Waals surface area contributed by atoms with Gasteiger partial charge in [-0.25, -0.2) is 0 Å². The minimum absolute atomic E-state index is 0. The standard InChI is InChI=1S/C14H20ClN3O2.ClH/c1-20-13-3-2-10(15)8-12(13)17-14(19)9-18-6-4-11(16)5-7-18;/h2-3,8,11H,4-7,9,16H2,1H3,(H,17,19);1H. The Kier molecular flexibility index (Phi) is 7.25.